The summed E-state index contributed by atoms with van der Waals surface area (Å²) in [6.45, 7) is 1.74. The number of likely N-dealkylation sites (tertiary alicyclic amines) is 1. The Hall–Kier alpha value is -3.08. The molecule has 1 N–H and O–H groups in total. The number of rotatable bonds is 5. The first kappa shape index (κ1) is 16.4. The second-order valence-corrected chi connectivity index (χ2v) is 6.69. The lowest BCUT2D eigenvalue weighted by Gasteiger charge is -2.16. The van der Waals surface area contributed by atoms with E-state index in [9.17, 15) is 9.59 Å². The van der Waals surface area contributed by atoms with Crippen molar-refractivity contribution in [3.05, 3.63) is 72.0 Å². The predicted molar refractivity (Wildman–Crippen MR) is 98.5 cm³/mol. The first-order valence-electron chi connectivity index (χ1n) is 8.77. The zero-order valence-corrected chi connectivity index (χ0v) is 14.4. The van der Waals surface area contributed by atoms with Gasteiger partial charge in [-0.2, -0.15) is 0 Å². The van der Waals surface area contributed by atoms with Gasteiger partial charge in [0, 0.05) is 37.4 Å². The fourth-order valence-electron chi connectivity index (χ4n) is 3.37. The molecule has 0 saturated carbocycles. The van der Waals surface area contributed by atoms with Crippen molar-refractivity contribution in [1.82, 2.24) is 10.2 Å². The summed E-state index contributed by atoms with van der Waals surface area (Å²) in [6.07, 6.45) is 0.466. The summed E-state index contributed by atoms with van der Waals surface area (Å²) in [5.74, 6) is 0.322. The average Bonchev–Trinajstić information content (AvgIpc) is 3.24. The van der Waals surface area contributed by atoms with E-state index in [0.717, 1.165) is 10.9 Å². The number of nitrogens with zero attached hydrogens (tertiary/aromatic N) is 1. The van der Waals surface area contributed by atoms with Gasteiger partial charge in [0.2, 0.25) is 5.91 Å². The summed E-state index contributed by atoms with van der Waals surface area (Å²) < 4.78 is 5.58. The van der Waals surface area contributed by atoms with E-state index in [-0.39, 0.29) is 17.7 Å². The molecule has 4 rings (SSSR count). The Morgan fingerprint density at radius 2 is 1.88 bits per heavy atom. The van der Waals surface area contributed by atoms with Crippen LogP contribution in [0, 0.1) is 5.92 Å². The number of carbonyl (C=O) groups excluding carboxylic acids is 2. The highest BCUT2D eigenvalue weighted by molar-refractivity contribution is 5.96. The maximum Gasteiger partial charge on any atom is 0.287 e. The average molecular weight is 348 g/mol. The van der Waals surface area contributed by atoms with E-state index in [1.54, 1.807) is 6.07 Å². The zero-order valence-electron chi connectivity index (χ0n) is 14.4. The third-order valence-corrected chi connectivity index (χ3v) is 4.71. The second kappa shape index (κ2) is 7.04. The lowest BCUT2D eigenvalue weighted by atomic mass is 10.1. The number of nitrogens with one attached hydrogen (secondary N) is 1. The second-order valence-electron chi connectivity index (χ2n) is 6.69. The minimum atomic E-state index is -0.241. The predicted octanol–water partition coefficient (Wildman–Crippen LogP) is 3.21. The Morgan fingerprint density at radius 3 is 2.69 bits per heavy atom. The molecule has 1 saturated heterocycles. The van der Waals surface area contributed by atoms with Gasteiger partial charge in [0.05, 0.1) is 0 Å². The van der Waals surface area contributed by atoms with Crippen LogP contribution in [0.2, 0.25) is 0 Å². The molecular weight excluding hydrogens is 328 g/mol. The number of para-hydroxylation sites is 1. The van der Waals surface area contributed by atoms with Crippen LogP contribution in [-0.4, -0.2) is 29.8 Å². The minimum absolute atomic E-state index is 0.125. The topological polar surface area (TPSA) is 62.6 Å². The van der Waals surface area contributed by atoms with Crippen LogP contribution in [0.4, 0.5) is 0 Å². The van der Waals surface area contributed by atoms with Gasteiger partial charge < -0.3 is 14.6 Å². The van der Waals surface area contributed by atoms with Crippen molar-refractivity contribution in [2.75, 3.05) is 13.1 Å². The molecule has 0 bridgehead atoms. The smallest absolute Gasteiger partial charge is 0.287 e. The fraction of sp³-hybridized carbons (Fsp3) is 0.238. The highest BCUT2D eigenvalue weighted by Crippen LogP contribution is 2.21. The molecule has 0 spiro atoms. The van der Waals surface area contributed by atoms with Gasteiger partial charge >= 0.3 is 0 Å². The molecule has 2 heterocycles. The van der Waals surface area contributed by atoms with E-state index < -0.39 is 0 Å². The van der Waals surface area contributed by atoms with E-state index in [1.807, 2.05) is 59.5 Å². The highest BCUT2D eigenvalue weighted by Gasteiger charge is 2.29. The third-order valence-electron chi connectivity index (χ3n) is 4.71. The molecule has 2 aromatic carbocycles. The zero-order chi connectivity index (χ0) is 17.9. The van der Waals surface area contributed by atoms with Crippen LogP contribution in [0.5, 0.6) is 0 Å². The summed E-state index contributed by atoms with van der Waals surface area (Å²) in [6, 6.07) is 19.2. The van der Waals surface area contributed by atoms with Crippen molar-refractivity contribution in [1.29, 1.82) is 0 Å². The Balaban J connectivity index is 1.33. The molecule has 1 aliphatic rings. The van der Waals surface area contributed by atoms with Crippen molar-refractivity contribution in [2.24, 2.45) is 5.92 Å². The van der Waals surface area contributed by atoms with Gasteiger partial charge in [-0.3, -0.25) is 9.59 Å². The van der Waals surface area contributed by atoms with E-state index in [4.69, 9.17) is 4.42 Å². The molecule has 3 aromatic rings. The van der Waals surface area contributed by atoms with Crippen molar-refractivity contribution in [3.63, 3.8) is 0 Å². The molecule has 0 radical (unpaired) electrons. The Labute approximate surface area is 151 Å². The quantitative estimate of drug-likeness (QED) is 0.770. The van der Waals surface area contributed by atoms with Crippen LogP contribution in [0.25, 0.3) is 11.0 Å². The number of amides is 2. The SMILES string of the molecule is O=C(NCC1CC(=O)N(Cc2ccccc2)C1)c1cc2ccccc2o1. The summed E-state index contributed by atoms with van der Waals surface area (Å²) in [4.78, 5) is 26.4. The van der Waals surface area contributed by atoms with Crippen molar-refractivity contribution in [2.45, 2.75) is 13.0 Å². The van der Waals surface area contributed by atoms with Crippen LogP contribution in [-0.2, 0) is 11.3 Å². The number of fused-ring (bicyclic) bond motifs is 1. The molecular formula is C21H20N2O3. The van der Waals surface area contributed by atoms with E-state index in [1.165, 1.54) is 0 Å². The molecule has 132 valence electrons. The van der Waals surface area contributed by atoms with E-state index >= 15 is 0 Å². The number of carbonyl (C=O) groups is 2. The maximum absolute atomic E-state index is 12.3. The summed E-state index contributed by atoms with van der Waals surface area (Å²) >= 11 is 0. The monoisotopic (exact) mass is 348 g/mol. The van der Waals surface area contributed by atoms with Gasteiger partial charge in [-0.1, -0.05) is 48.5 Å². The lowest BCUT2D eigenvalue weighted by molar-refractivity contribution is -0.128. The van der Waals surface area contributed by atoms with Gasteiger partial charge in [0.1, 0.15) is 5.58 Å². The third kappa shape index (κ3) is 3.47. The summed E-state index contributed by atoms with van der Waals surface area (Å²) in [5.41, 5.74) is 1.82. The molecule has 1 unspecified atom stereocenters. The summed E-state index contributed by atoms with van der Waals surface area (Å²) in [7, 11) is 0. The van der Waals surface area contributed by atoms with Crippen LogP contribution >= 0.6 is 0 Å². The van der Waals surface area contributed by atoms with Crippen LogP contribution in [0.15, 0.2) is 65.1 Å². The molecule has 5 nitrogen and oxygen atoms in total. The number of furan rings is 1. The number of hydrogen-bond donors (Lipinski definition) is 1. The van der Waals surface area contributed by atoms with Gasteiger partial charge in [0.15, 0.2) is 5.76 Å². The Bertz CT molecular complexity index is 900. The van der Waals surface area contributed by atoms with Crippen LogP contribution in [0.3, 0.4) is 0 Å². The van der Waals surface area contributed by atoms with Crippen molar-refractivity contribution < 1.29 is 14.0 Å². The van der Waals surface area contributed by atoms with Gasteiger partial charge in [-0.25, -0.2) is 0 Å². The fourth-order valence-corrected chi connectivity index (χ4v) is 3.37. The molecule has 5 heteroatoms. The molecule has 1 aliphatic heterocycles. The summed E-state index contributed by atoms with van der Waals surface area (Å²) in [5, 5.41) is 3.80. The minimum Gasteiger partial charge on any atom is -0.451 e. The molecule has 26 heavy (non-hydrogen) atoms. The van der Waals surface area contributed by atoms with Gasteiger partial charge in [0.25, 0.3) is 5.91 Å². The molecule has 1 aromatic heterocycles. The standard InChI is InChI=1S/C21H20N2O3/c24-20-10-16(14-23(20)13-15-6-2-1-3-7-15)12-22-21(25)19-11-17-8-4-5-9-18(17)26-19/h1-9,11,16H,10,12-14H2,(H,22,25). The first-order chi connectivity index (χ1) is 12.7. The molecule has 1 fully saturated rings. The Morgan fingerprint density at radius 1 is 1.12 bits per heavy atom. The largest absolute Gasteiger partial charge is 0.451 e. The van der Waals surface area contributed by atoms with Crippen LogP contribution < -0.4 is 5.32 Å². The Kier molecular flexibility index (Phi) is 4.44. The maximum atomic E-state index is 12.3. The normalized spacial score (nSPS) is 17.0. The lowest BCUT2D eigenvalue weighted by Crippen LogP contribution is -2.31. The number of hydrogen-bond acceptors (Lipinski definition) is 3. The van der Waals surface area contributed by atoms with E-state index in [0.29, 0.717) is 37.4 Å². The van der Waals surface area contributed by atoms with Crippen molar-refractivity contribution in [3.8, 4) is 0 Å². The molecule has 1 atom stereocenters. The van der Waals surface area contributed by atoms with E-state index in [2.05, 4.69) is 5.32 Å². The first-order valence-corrected chi connectivity index (χ1v) is 8.77. The van der Waals surface area contributed by atoms with Gasteiger partial charge in [-0.05, 0) is 17.7 Å². The van der Waals surface area contributed by atoms with Crippen molar-refractivity contribution >= 4 is 22.8 Å². The number of benzene rings is 2. The van der Waals surface area contributed by atoms with Crippen LogP contribution in [0.1, 0.15) is 22.5 Å². The van der Waals surface area contributed by atoms with Gasteiger partial charge in [-0.15, -0.1) is 0 Å². The molecule has 2 amide bonds. The molecule has 0 aliphatic carbocycles. The highest BCUT2D eigenvalue weighted by atomic mass is 16.3.